The molecular formula is C11H14ClIN2S. The van der Waals surface area contributed by atoms with Gasteiger partial charge >= 0.3 is 0 Å². The summed E-state index contributed by atoms with van der Waals surface area (Å²) in [5.74, 6) is 1.77. The van der Waals surface area contributed by atoms with E-state index in [0.29, 0.717) is 5.15 Å². The van der Waals surface area contributed by atoms with Gasteiger partial charge in [0.25, 0.3) is 0 Å². The minimum absolute atomic E-state index is 0.593. The second-order valence-corrected chi connectivity index (χ2v) is 6.77. The van der Waals surface area contributed by atoms with Gasteiger partial charge in [0.05, 0.1) is 15.0 Å². The highest BCUT2D eigenvalue weighted by Gasteiger charge is 2.16. The molecule has 0 aliphatic heterocycles. The van der Waals surface area contributed by atoms with Gasteiger partial charge in [-0.05, 0) is 42.4 Å². The number of thioether (sulfide) groups is 1. The first-order valence-electron chi connectivity index (χ1n) is 5.47. The van der Waals surface area contributed by atoms with Crippen molar-refractivity contribution in [2.45, 2.75) is 43.6 Å². The highest BCUT2D eigenvalue weighted by atomic mass is 127. The second kappa shape index (κ2) is 5.87. The Bertz CT molecular complexity index is 357. The summed E-state index contributed by atoms with van der Waals surface area (Å²) < 4.78 is 0.967. The predicted octanol–water partition coefficient (Wildman–Crippen LogP) is 4.22. The maximum absolute atomic E-state index is 6.05. The molecule has 0 aromatic carbocycles. The van der Waals surface area contributed by atoms with E-state index in [4.69, 9.17) is 11.6 Å². The summed E-state index contributed by atoms with van der Waals surface area (Å²) in [5.41, 5.74) is 0.989. The van der Waals surface area contributed by atoms with Gasteiger partial charge in [0.2, 0.25) is 0 Å². The summed E-state index contributed by atoms with van der Waals surface area (Å²) in [6.07, 6.45) is 5.46. The molecule has 1 saturated carbocycles. The Morgan fingerprint density at radius 2 is 2.06 bits per heavy atom. The van der Waals surface area contributed by atoms with Crippen LogP contribution in [0.5, 0.6) is 0 Å². The van der Waals surface area contributed by atoms with Crippen LogP contribution in [0.1, 0.15) is 37.2 Å². The van der Waals surface area contributed by atoms with Crippen LogP contribution in [0.25, 0.3) is 0 Å². The molecule has 1 aliphatic rings. The molecule has 1 aliphatic carbocycles. The van der Waals surface area contributed by atoms with Crippen LogP contribution in [0.2, 0.25) is 5.15 Å². The van der Waals surface area contributed by atoms with Crippen LogP contribution in [0, 0.1) is 10.5 Å². The lowest BCUT2D eigenvalue weighted by molar-refractivity contribution is 0.886. The lowest BCUT2D eigenvalue weighted by Crippen LogP contribution is -2.02. The molecule has 1 aromatic rings. The number of aromatic nitrogens is 2. The van der Waals surface area contributed by atoms with Gasteiger partial charge in [-0.25, -0.2) is 9.97 Å². The van der Waals surface area contributed by atoms with Crippen molar-refractivity contribution in [3.05, 3.63) is 20.2 Å². The summed E-state index contributed by atoms with van der Waals surface area (Å²) in [6.45, 7) is 1.99. The molecule has 2 nitrogen and oxygen atoms in total. The van der Waals surface area contributed by atoms with Crippen molar-refractivity contribution < 1.29 is 0 Å². The normalized spacial score (nSPS) is 16.9. The summed E-state index contributed by atoms with van der Waals surface area (Å²) in [5, 5.41) is 1.40. The maximum Gasteiger partial charge on any atom is 0.146 e. The van der Waals surface area contributed by atoms with Crippen molar-refractivity contribution in [3.8, 4) is 0 Å². The molecule has 0 amide bonds. The zero-order valence-corrected chi connectivity index (χ0v) is 12.9. The van der Waals surface area contributed by atoms with Gasteiger partial charge in [0.1, 0.15) is 11.0 Å². The number of nitrogens with zero attached hydrogens (tertiary/aromatic N) is 2. The lowest BCUT2D eigenvalue weighted by Gasteiger charge is -2.08. The Morgan fingerprint density at radius 1 is 1.38 bits per heavy atom. The molecule has 0 radical (unpaired) electrons. The first-order valence-corrected chi connectivity index (χ1v) is 7.97. The van der Waals surface area contributed by atoms with Crippen LogP contribution in [0.4, 0.5) is 0 Å². The standard InChI is InChI=1S/C11H14ClIN2S/c1-7-10(13)11(12)15-9(14-7)6-16-8-4-2-3-5-8/h8H,2-6H2,1H3. The molecule has 1 aromatic heterocycles. The average molecular weight is 369 g/mol. The number of hydrogen-bond acceptors (Lipinski definition) is 3. The third kappa shape index (κ3) is 3.23. The van der Waals surface area contributed by atoms with Crippen LogP contribution in [0.15, 0.2) is 0 Å². The van der Waals surface area contributed by atoms with Crippen molar-refractivity contribution in [2.24, 2.45) is 0 Å². The number of hydrogen-bond donors (Lipinski definition) is 0. The van der Waals surface area contributed by atoms with Gasteiger partial charge in [-0.15, -0.1) is 0 Å². The van der Waals surface area contributed by atoms with E-state index in [2.05, 4.69) is 32.6 Å². The second-order valence-electron chi connectivity index (χ2n) is 4.05. The van der Waals surface area contributed by atoms with E-state index >= 15 is 0 Å². The highest BCUT2D eigenvalue weighted by Crippen LogP contribution is 2.31. The molecule has 1 heterocycles. The van der Waals surface area contributed by atoms with Gasteiger partial charge in [0, 0.05) is 5.25 Å². The van der Waals surface area contributed by atoms with E-state index in [0.717, 1.165) is 26.1 Å². The molecular weight excluding hydrogens is 355 g/mol. The van der Waals surface area contributed by atoms with Crippen LogP contribution in [-0.4, -0.2) is 15.2 Å². The van der Waals surface area contributed by atoms with Crippen LogP contribution >= 0.6 is 46.0 Å². The van der Waals surface area contributed by atoms with Crippen LogP contribution in [-0.2, 0) is 5.75 Å². The van der Waals surface area contributed by atoms with Crippen LogP contribution in [0.3, 0.4) is 0 Å². The molecule has 88 valence electrons. The van der Waals surface area contributed by atoms with E-state index in [-0.39, 0.29) is 0 Å². The van der Waals surface area contributed by atoms with Crippen LogP contribution < -0.4 is 0 Å². The Kier molecular flexibility index (Phi) is 4.73. The SMILES string of the molecule is Cc1nc(CSC2CCCC2)nc(Cl)c1I. The van der Waals surface area contributed by atoms with Crippen molar-refractivity contribution in [1.82, 2.24) is 9.97 Å². The summed E-state index contributed by atoms with van der Waals surface area (Å²) in [4.78, 5) is 8.79. The Balaban J connectivity index is 1.98. The van der Waals surface area contributed by atoms with Gasteiger partial charge in [0.15, 0.2) is 0 Å². The third-order valence-electron chi connectivity index (χ3n) is 2.77. The Hall–Kier alpha value is 0.450. The molecule has 0 unspecified atom stereocenters. The summed E-state index contributed by atoms with van der Waals surface area (Å²) in [6, 6.07) is 0. The van der Waals surface area contributed by atoms with E-state index in [1.54, 1.807) is 0 Å². The van der Waals surface area contributed by atoms with Crippen molar-refractivity contribution in [1.29, 1.82) is 0 Å². The molecule has 0 N–H and O–H groups in total. The van der Waals surface area contributed by atoms with E-state index in [9.17, 15) is 0 Å². The third-order valence-corrected chi connectivity index (χ3v) is 6.02. The van der Waals surface area contributed by atoms with Crippen molar-refractivity contribution >= 4 is 46.0 Å². The molecule has 5 heteroatoms. The van der Waals surface area contributed by atoms with Gasteiger partial charge < -0.3 is 0 Å². The van der Waals surface area contributed by atoms with E-state index in [1.165, 1.54) is 25.7 Å². The van der Waals surface area contributed by atoms with Crippen molar-refractivity contribution in [2.75, 3.05) is 0 Å². The monoisotopic (exact) mass is 368 g/mol. The number of aryl methyl sites for hydroxylation is 1. The molecule has 16 heavy (non-hydrogen) atoms. The zero-order valence-electron chi connectivity index (χ0n) is 9.17. The number of halogens is 2. The molecule has 0 atom stereocenters. The fourth-order valence-corrected chi connectivity index (χ4v) is 3.55. The summed E-state index contributed by atoms with van der Waals surface area (Å²) in [7, 11) is 0. The fourth-order valence-electron chi connectivity index (χ4n) is 1.89. The van der Waals surface area contributed by atoms with E-state index < -0.39 is 0 Å². The largest absolute Gasteiger partial charge is 0.236 e. The molecule has 2 rings (SSSR count). The van der Waals surface area contributed by atoms with E-state index in [1.807, 2.05) is 18.7 Å². The molecule has 0 spiro atoms. The number of rotatable bonds is 3. The predicted molar refractivity (Wildman–Crippen MR) is 78.0 cm³/mol. The molecule has 0 bridgehead atoms. The molecule has 1 fully saturated rings. The van der Waals surface area contributed by atoms with Gasteiger partial charge in [-0.2, -0.15) is 11.8 Å². The van der Waals surface area contributed by atoms with Crippen molar-refractivity contribution in [3.63, 3.8) is 0 Å². The molecule has 0 saturated heterocycles. The fraction of sp³-hybridized carbons (Fsp3) is 0.636. The summed E-state index contributed by atoms with van der Waals surface area (Å²) >= 11 is 10.2. The van der Waals surface area contributed by atoms with Gasteiger partial charge in [-0.3, -0.25) is 0 Å². The minimum Gasteiger partial charge on any atom is -0.236 e. The minimum atomic E-state index is 0.593. The highest BCUT2D eigenvalue weighted by molar-refractivity contribution is 14.1. The maximum atomic E-state index is 6.05. The Labute approximate surface area is 119 Å². The smallest absolute Gasteiger partial charge is 0.146 e. The van der Waals surface area contributed by atoms with Gasteiger partial charge in [-0.1, -0.05) is 24.4 Å². The lowest BCUT2D eigenvalue weighted by atomic mass is 10.4. The first kappa shape index (κ1) is 12.9. The first-order chi connectivity index (χ1) is 7.66. The zero-order chi connectivity index (χ0) is 11.5. The average Bonchev–Trinajstić information content (AvgIpc) is 2.75. The topological polar surface area (TPSA) is 25.8 Å². The Morgan fingerprint density at radius 3 is 2.69 bits per heavy atom. The quantitative estimate of drug-likeness (QED) is 0.590.